The van der Waals surface area contributed by atoms with Crippen LogP contribution in [0.2, 0.25) is 0 Å². The summed E-state index contributed by atoms with van der Waals surface area (Å²) < 4.78 is 1.95. The summed E-state index contributed by atoms with van der Waals surface area (Å²) in [5.41, 5.74) is 3.14. The number of anilines is 1. The van der Waals surface area contributed by atoms with Gasteiger partial charge in [0.2, 0.25) is 5.91 Å². The van der Waals surface area contributed by atoms with E-state index in [4.69, 9.17) is 0 Å². The molecular formula is C21H26N4OS2. The number of hydrogen-bond acceptors (Lipinski definition) is 5. The summed E-state index contributed by atoms with van der Waals surface area (Å²) in [4.78, 5) is 13.6. The number of nitrogens with one attached hydrogen (secondary N) is 1. The molecule has 0 saturated heterocycles. The predicted molar refractivity (Wildman–Crippen MR) is 118 cm³/mol. The molecule has 7 heteroatoms. The number of benzene rings is 1. The average Bonchev–Trinajstić information content (AvgIpc) is 3.27. The zero-order chi connectivity index (χ0) is 20.3. The number of thiophene rings is 1. The maximum atomic E-state index is 12.3. The number of amides is 1. The van der Waals surface area contributed by atoms with Crippen molar-refractivity contribution in [1.29, 1.82) is 0 Å². The molecule has 0 aliphatic heterocycles. The van der Waals surface area contributed by atoms with Gasteiger partial charge in [-0.1, -0.05) is 51.6 Å². The highest BCUT2D eigenvalue weighted by Crippen LogP contribution is 2.30. The third kappa shape index (κ3) is 4.83. The lowest BCUT2D eigenvalue weighted by atomic mass is 10.0. The van der Waals surface area contributed by atoms with E-state index in [2.05, 4.69) is 66.8 Å². The van der Waals surface area contributed by atoms with Crippen molar-refractivity contribution in [3.63, 3.8) is 0 Å². The summed E-state index contributed by atoms with van der Waals surface area (Å²) in [6.45, 7) is 8.67. The van der Waals surface area contributed by atoms with Gasteiger partial charge in [-0.3, -0.25) is 4.79 Å². The molecule has 1 amide bonds. The zero-order valence-corrected chi connectivity index (χ0v) is 18.5. The molecule has 0 bridgehead atoms. The Hall–Kier alpha value is -2.12. The van der Waals surface area contributed by atoms with Gasteiger partial charge in [-0.15, -0.1) is 21.5 Å². The van der Waals surface area contributed by atoms with Crippen molar-refractivity contribution in [2.24, 2.45) is 7.05 Å². The third-order valence-electron chi connectivity index (χ3n) is 4.48. The Morgan fingerprint density at radius 2 is 1.86 bits per heavy atom. The fourth-order valence-electron chi connectivity index (χ4n) is 2.74. The first-order chi connectivity index (χ1) is 13.3. The smallest absolute Gasteiger partial charge is 0.234 e. The van der Waals surface area contributed by atoms with E-state index < -0.39 is 0 Å². The van der Waals surface area contributed by atoms with Crippen LogP contribution in [-0.4, -0.2) is 26.4 Å². The van der Waals surface area contributed by atoms with Crippen molar-refractivity contribution >= 4 is 34.7 Å². The van der Waals surface area contributed by atoms with E-state index in [0.29, 0.717) is 17.6 Å². The van der Waals surface area contributed by atoms with Crippen molar-refractivity contribution < 1.29 is 4.79 Å². The lowest BCUT2D eigenvalue weighted by Crippen LogP contribution is -2.14. The Labute approximate surface area is 174 Å². The van der Waals surface area contributed by atoms with Gasteiger partial charge in [-0.05, 0) is 35.6 Å². The van der Waals surface area contributed by atoms with E-state index >= 15 is 0 Å². The minimum atomic E-state index is -0.0514. The Bertz CT molecular complexity index is 942. The van der Waals surface area contributed by atoms with Crippen molar-refractivity contribution in [2.45, 2.75) is 44.7 Å². The van der Waals surface area contributed by atoms with E-state index in [9.17, 15) is 4.79 Å². The number of aromatic nitrogens is 3. The number of hydrogen-bond donors (Lipinski definition) is 1. The summed E-state index contributed by atoms with van der Waals surface area (Å²) in [6.07, 6.45) is 0. The van der Waals surface area contributed by atoms with E-state index in [1.165, 1.54) is 22.2 Å². The van der Waals surface area contributed by atoms with Crippen LogP contribution in [0.1, 0.15) is 50.0 Å². The summed E-state index contributed by atoms with van der Waals surface area (Å²) in [5, 5.41) is 14.4. The van der Waals surface area contributed by atoms with Crippen molar-refractivity contribution in [3.05, 3.63) is 46.2 Å². The lowest BCUT2D eigenvalue weighted by molar-refractivity contribution is -0.113. The van der Waals surface area contributed by atoms with Crippen LogP contribution in [0.25, 0.3) is 11.4 Å². The molecule has 0 fully saturated rings. The second-order valence-corrected chi connectivity index (χ2v) is 9.26. The van der Waals surface area contributed by atoms with Gasteiger partial charge in [0.25, 0.3) is 0 Å². The molecule has 2 heterocycles. The molecule has 28 heavy (non-hydrogen) atoms. The maximum Gasteiger partial charge on any atom is 0.234 e. The van der Waals surface area contributed by atoms with Crippen LogP contribution in [0.4, 0.5) is 5.69 Å². The van der Waals surface area contributed by atoms with E-state index in [-0.39, 0.29) is 5.91 Å². The molecule has 5 nitrogen and oxygen atoms in total. The van der Waals surface area contributed by atoms with Gasteiger partial charge in [-0.2, -0.15) is 0 Å². The summed E-state index contributed by atoms with van der Waals surface area (Å²) in [6, 6.07) is 10.2. The van der Waals surface area contributed by atoms with E-state index in [1.807, 2.05) is 23.7 Å². The Morgan fingerprint density at radius 1 is 1.14 bits per heavy atom. The van der Waals surface area contributed by atoms with Crippen LogP contribution < -0.4 is 5.32 Å². The molecule has 3 aromatic rings. The van der Waals surface area contributed by atoms with Crippen LogP contribution >= 0.6 is 23.1 Å². The van der Waals surface area contributed by atoms with E-state index in [0.717, 1.165) is 22.2 Å². The summed E-state index contributed by atoms with van der Waals surface area (Å²) in [5.74, 6) is 2.04. The number of nitrogens with zero attached hydrogens (tertiary/aromatic N) is 3. The number of rotatable bonds is 7. The normalized spacial score (nSPS) is 11.4. The van der Waals surface area contributed by atoms with Gasteiger partial charge < -0.3 is 9.88 Å². The van der Waals surface area contributed by atoms with Gasteiger partial charge in [0, 0.05) is 28.6 Å². The average molecular weight is 415 g/mol. The molecule has 148 valence electrons. The Kier molecular flexibility index (Phi) is 6.57. The monoisotopic (exact) mass is 414 g/mol. The molecule has 3 rings (SSSR count). The van der Waals surface area contributed by atoms with E-state index in [1.54, 1.807) is 11.3 Å². The molecule has 1 N–H and O–H groups in total. The molecule has 0 saturated carbocycles. The maximum absolute atomic E-state index is 12.3. The molecule has 0 aliphatic rings. The first-order valence-electron chi connectivity index (χ1n) is 9.36. The molecular weight excluding hydrogens is 388 g/mol. The van der Waals surface area contributed by atoms with Crippen LogP contribution in [0.3, 0.4) is 0 Å². The SMILES string of the molecule is CC(C)c1ccc(NC(=O)CSc2nnc(-c3csc(C(C)C)c3)n2C)cc1. The van der Waals surface area contributed by atoms with Crippen LogP contribution in [0.15, 0.2) is 40.9 Å². The highest BCUT2D eigenvalue weighted by Gasteiger charge is 2.15. The first-order valence-corrected chi connectivity index (χ1v) is 11.2. The van der Waals surface area contributed by atoms with Gasteiger partial charge >= 0.3 is 0 Å². The Balaban J connectivity index is 1.60. The standard InChI is InChI=1S/C21H26N4OS2/c1-13(2)15-6-8-17(9-7-15)22-19(26)12-28-21-24-23-20(25(21)5)16-10-18(14(3)4)27-11-16/h6-11,13-14H,12H2,1-5H3,(H,22,26). The highest BCUT2D eigenvalue weighted by atomic mass is 32.2. The number of carbonyl (C=O) groups is 1. The predicted octanol–water partition coefficient (Wildman–Crippen LogP) is 5.52. The van der Waals surface area contributed by atoms with Gasteiger partial charge in [-0.25, -0.2) is 0 Å². The zero-order valence-electron chi connectivity index (χ0n) is 16.9. The fourth-order valence-corrected chi connectivity index (χ4v) is 4.36. The molecule has 0 atom stereocenters. The van der Waals surface area contributed by atoms with Crippen molar-refractivity contribution in [3.8, 4) is 11.4 Å². The fraction of sp³-hybridized carbons (Fsp3) is 0.381. The van der Waals surface area contributed by atoms with Crippen molar-refractivity contribution in [1.82, 2.24) is 14.8 Å². The summed E-state index contributed by atoms with van der Waals surface area (Å²) in [7, 11) is 1.94. The topological polar surface area (TPSA) is 59.8 Å². The number of thioether (sulfide) groups is 1. The third-order valence-corrected chi connectivity index (χ3v) is 6.73. The lowest BCUT2D eigenvalue weighted by Gasteiger charge is -2.08. The van der Waals surface area contributed by atoms with Crippen LogP contribution in [0, 0.1) is 0 Å². The molecule has 0 radical (unpaired) electrons. The molecule has 0 unspecified atom stereocenters. The minimum absolute atomic E-state index is 0.0514. The molecule has 2 aromatic heterocycles. The number of carbonyl (C=O) groups excluding carboxylic acids is 1. The Morgan fingerprint density at radius 3 is 2.46 bits per heavy atom. The summed E-state index contributed by atoms with van der Waals surface area (Å²) >= 11 is 3.13. The van der Waals surface area contributed by atoms with Crippen LogP contribution in [-0.2, 0) is 11.8 Å². The minimum Gasteiger partial charge on any atom is -0.325 e. The van der Waals surface area contributed by atoms with Gasteiger partial charge in [0.05, 0.1) is 5.75 Å². The van der Waals surface area contributed by atoms with Crippen LogP contribution in [0.5, 0.6) is 0 Å². The second-order valence-electron chi connectivity index (χ2n) is 7.37. The largest absolute Gasteiger partial charge is 0.325 e. The second kappa shape index (κ2) is 8.92. The molecule has 0 aliphatic carbocycles. The first kappa shape index (κ1) is 20.6. The highest BCUT2D eigenvalue weighted by molar-refractivity contribution is 7.99. The molecule has 0 spiro atoms. The molecule has 1 aromatic carbocycles. The van der Waals surface area contributed by atoms with Gasteiger partial charge in [0.1, 0.15) is 0 Å². The van der Waals surface area contributed by atoms with Crippen molar-refractivity contribution in [2.75, 3.05) is 11.1 Å². The quantitative estimate of drug-likeness (QED) is 0.517. The van der Waals surface area contributed by atoms with Gasteiger partial charge in [0.15, 0.2) is 11.0 Å².